The summed E-state index contributed by atoms with van der Waals surface area (Å²) in [6, 6.07) is 7.86. The van der Waals surface area contributed by atoms with Crippen molar-refractivity contribution >= 4 is 16.7 Å². The first kappa shape index (κ1) is 11.9. The summed E-state index contributed by atoms with van der Waals surface area (Å²) < 4.78 is 0. The van der Waals surface area contributed by atoms with Crippen LogP contribution in [-0.4, -0.2) is 17.3 Å². The Bertz CT molecular complexity index is 567. The highest BCUT2D eigenvalue weighted by Gasteiger charge is 2.30. The lowest BCUT2D eigenvalue weighted by Crippen LogP contribution is -2.33. The Hall–Kier alpha value is -1.61. The van der Waals surface area contributed by atoms with E-state index in [1.54, 1.807) is 0 Å². The van der Waals surface area contributed by atoms with Crippen molar-refractivity contribution in [1.82, 2.24) is 4.98 Å². The average molecular weight is 230 g/mol. The van der Waals surface area contributed by atoms with Gasteiger partial charge < -0.3 is 10.7 Å². The molecule has 0 radical (unpaired) electrons. The minimum absolute atomic E-state index is 0.106. The number of Topliss-reactive ketones (excluding diaryl/α,β-unsaturated/α-hetero) is 1. The number of ketones is 1. The number of nitrogens with one attached hydrogen (secondary N) is 1. The maximum Gasteiger partial charge on any atom is 0.172 e. The molecule has 0 fully saturated rings. The molecular weight excluding hydrogens is 212 g/mol. The Morgan fingerprint density at radius 3 is 2.65 bits per heavy atom. The quantitative estimate of drug-likeness (QED) is 0.796. The summed E-state index contributed by atoms with van der Waals surface area (Å²) in [5.74, 6) is 0.106. The number of hydrogen-bond donors (Lipinski definition) is 2. The molecule has 3 nitrogen and oxygen atoms in total. The number of para-hydroxylation sites is 1. The van der Waals surface area contributed by atoms with Crippen molar-refractivity contribution in [3.63, 3.8) is 0 Å². The minimum Gasteiger partial charge on any atom is -0.358 e. The summed E-state index contributed by atoms with van der Waals surface area (Å²) in [6.45, 7) is 6.05. The van der Waals surface area contributed by atoms with Gasteiger partial charge in [-0.15, -0.1) is 0 Å². The Balaban J connectivity index is 2.63. The number of benzene rings is 1. The number of nitrogens with two attached hydrogens (primary N) is 1. The zero-order valence-corrected chi connectivity index (χ0v) is 10.5. The zero-order chi connectivity index (χ0) is 12.6. The van der Waals surface area contributed by atoms with E-state index in [2.05, 4.69) is 4.98 Å². The minimum atomic E-state index is -0.518. The van der Waals surface area contributed by atoms with E-state index >= 15 is 0 Å². The van der Waals surface area contributed by atoms with Crippen LogP contribution in [0.15, 0.2) is 24.3 Å². The van der Waals surface area contributed by atoms with Gasteiger partial charge in [0.05, 0.1) is 0 Å². The maximum absolute atomic E-state index is 12.5. The van der Waals surface area contributed by atoms with Gasteiger partial charge in [0.1, 0.15) is 0 Å². The molecule has 0 saturated carbocycles. The summed E-state index contributed by atoms with van der Waals surface area (Å²) in [5.41, 5.74) is 7.85. The van der Waals surface area contributed by atoms with Crippen LogP contribution in [0.3, 0.4) is 0 Å². The summed E-state index contributed by atoms with van der Waals surface area (Å²) in [4.78, 5) is 15.7. The first-order valence-electron chi connectivity index (χ1n) is 5.79. The topological polar surface area (TPSA) is 58.9 Å². The van der Waals surface area contributed by atoms with Crippen molar-refractivity contribution in [2.24, 2.45) is 11.1 Å². The van der Waals surface area contributed by atoms with Gasteiger partial charge in [0.25, 0.3) is 0 Å². The van der Waals surface area contributed by atoms with Crippen molar-refractivity contribution < 1.29 is 4.79 Å². The van der Waals surface area contributed by atoms with E-state index in [1.807, 2.05) is 45.0 Å². The van der Waals surface area contributed by atoms with Gasteiger partial charge in [0.2, 0.25) is 0 Å². The molecule has 1 aromatic carbocycles. The first-order chi connectivity index (χ1) is 7.97. The summed E-state index contributed by atoms with van der Waals surface area (Å²) in [6.07, 6.45) is 0. The molecule has 17 heavy (non-hydrogen) atoms. The third-order valence-corrected chi connectivity index (χ3v) is 3.25. The Morgan fingerprint density at radius 1 is 1.35 bits per heavy atom. The van der Waals surface area contributed by atoms with Gasteiger partial charge in [0, 0.05) is 34.1 Å². The van der Waals surface area contributed by atoms with Gasteiger partial charge in [0.15, 0.2) is 5.78 Å². The Morgan fingerprint density at radius 2 is 2.00 bits per heavy atom. The fraction of sp³-hybridized carbons (Fsp3) is 0.357. The molecule has 1 aromatic heterocycles. The van der Waals surface area contributed by atoms with E-state index in [9.17, 15) is 4.79 Å². The van der Waals surface area contributed by atoms with E-state index < -0.39 is 5.41 Å². The summed E-state index contributed by atoms with van der Waals surface area (Å²) in [7, 11) is 0. The number of H-pyrrole nitrogens is 1. The van der Waals surface area contributed by atoms with Gasteiger partial charge in [-0.2, -0.15) is 0 Å². The summed E-state index contributed by atoms with van der Waals surface area (Å²) in [5, 5.41) is 0.983. The van der Waals surface area contributed by atoms with Crippen LogP contribution in [0.4, 0.5) is 0 Å². The number of aromatic amines is 1. The molecule has 0 aliphatic heterocycles. The Kier molecular flexibility index (Phi) is 2.79. The van der Waals surface area contributed by atoms with Gasteiger partial charge in [-0.3, -0.25) is 4.79 Å². The molecule has 0 amide bonds. The number of aromatic nitrogens is 1. The highest BCUT2D eigenvalue weighted by molar-refractivity contribution is 6.11. The van der Waals surface area contributed by atoms with Gasteiger partial charge >= 0.3 is 0 Å². The van der Waals surface area contributed by atoms with Crippen LogP contribution in [0.2, 0.25) is 0 Å². The number of rotatable bonds is 3. The van der Waals surface area contributed by atoms with Crippen LogP contribution < -0.4 is 5.73 Å². The predicted molar refractivity (Wildman–Crippen MR) is 70.2 cm³/mol. The second kappa shape index (κ2) is 4.00. The second-order valence-corrected chi connectivity index (χ2v) is 5.09. The number of carbonyl (C=O) groups excluding carboxylic acids is 1. The normalized spacial score (nSPS) is 12.0. The molecule has 3 N–H and O–H groups in total. The van der Waals surface area contributed by atoms with Crippen molar-refractivity contribution in [3.05, 3.63) is 35.5 Å². The van der Waals surface area contributed by atoms with Gasteiger partial charge in [-0.05, 0) is 13.0 Å². The largest absolute Gasteiger partial charge is 0.358 e. The molecule has 90 valence electrons. The van der Waals surface area contributed by atoms with Crippen LogP contribution in [0.5, 0.6) is 0 Å². The van der Waals surface area contributed by atoms with Crippen LogP contribution in [0.25, 0.3) is 10.9 Å². The molecule has 3 heteroatoms. The van der Waals surface area contributed by atoms with Crippen molar-refractivity contribution in [2.75, 3.05) is 6.54 Å². The maximum atomic E-state index is 12.5. The van der Waals surface area contributed by atoms with E-state index in [0.717, 1.165) is 22.2 Å². The molecular formula is C14H18N2O. The van der Waals surface area contributed by atoms with Crippen LogP contribution in [0, 0.1) is 12.3 Å². The van der Waals surface area contributed by atoms with E-state index in [0.29, 0.717) is 6.54 Å². The number of hydrogen-bond acceptors (Lipinski definition) is 2. The predicted octanol–water partition coefficient (Wildman–Crippen LogP) is 2.64. The first-order valence-corrected chi connectivity index (χ1v) is 5.79. The third-order valence-electron chi connectivity index (χ3n) is 3.25. The standard InChI is InChI=1S/C14H18N2O/c1-9-12(13(17)14(2,3)8-15)10-6-4-5-7-11(10)16-9/h4-7,16H,8,15H2,1-3H3. The smallest absolute Gasteiger partial charge is 0.172 e. The van der Waals surface area contributed by atoms with Crippen LogP contribution in [-0.2, 0) is 0 Å². The molecule has 0 unspecified atom stereocenters. The van der Waals surface area contributed by atoms with Crippen molar-refractivity contribution in [2.45, 2.75) is 20.8 Å². The van der Waals surface area contributed by atoms with Gasteiger partial charge in [-0.25, -0.2) is 0 Å². The SMILES string of the molecule is Cc1[nH]c2ccccc2c1C(=O)C(C)(C)CN. The van der Waals surface area contributed by atoms with E-state index in [4.69, 9.17) is 5.73 Å². The molecule has 2 aromatic rings. The molecule has 2 rings (SSSR count). The average Bonchev–Trinajstić information content (AvgIpc) is 2.64. The number of aryl methyl sites for hydroxylation is 1. The van der Waals surface area contributed by atoms with Crippen molar-refractivity contribution in [1.29, 1.82) is 0 Å². The lowest BCUT2D eigenvalue weighted by Gasteiger charge is -2.20. The number of carbonyl (C=O) groups is 1. The highest BCUT2D eigenvalue weighted by atomic mass is 16.1. The molecule has 0 aliphatic rings. The molecule has 0 bridgehead atoms. The fourth-order valence-electron chi connectivity index (χ4n) is 2.00. The number of fused-ring (bicyclic) bond motifs is 1. The van der Waals surface area contributed by atoms with Crippen LogP contribution in [0.1, 0.15) is 29.9 Å². The molecule has 0 atom stereocenters. The van der Waals surface area contributed by atoms with E-state index in [1.165, 1.54) is 0 Å². The molecule has 0 spiro atoms. The third kappa shape index (κ3) is 1.87. The molecule has 1 heterocycles. The zero-order valence-electron chi connectivity index (χ0n) is 10.5. The van der Waals surface area contributed by atoms with E-state index in [-0.39, 0.29) is 5.78 Å². The Labute approximate surface area is 101 Å². The lowest BCUT2D eigenvalue weighted by atomic mass is 9.83. The van der Waals surface area contributed by atoms with Gasteiger partial charge in [-0.1, -0.05) is 32.0 Å². The summed E-state index contributed by atoms with van der Waals surface area (Å²) >= 11 is 0. The molecule has 0 saturated heterocycles. The lowest BCUT2D eigenvalue weighted by molar-refractivity contribution is 0.0849. The van der Waals surface area contributed by atoms with Crippen LogP contribution >= 0.6 is 0 Å². The monoisotopic (exact) mass is 230 g/mol. The fourth-order valence-corrected chi connectivity index (χ4v) is 2.00. The highest BCUT2D eigenvalue weighted by Crippen LogP contribution is 2.28. The second-order valence-electron chi connectivity index (χ2n) is 5.09. The molecule has 0 aliphatic carbocycles. The van der Waals surface area contributed by atoms with Crippen molar-refractivity contribution in [3.8, 4) is 0 Å².